The van der Waals surface area contributed by atoms with E-state index < -0.39 is 0 Å². The number of ketones is 1. The molecule has 0 saturated carbocycles. The molecule has 118 valence electrons. The first-order valence-electron chi connectivity index (χ1n) is 7.82. The number of Topliss-reactive ketones (excluding diaryl/α,β-unsaturated/α-hetero) is 1. The van der Waals surface area contributed by atoms with Crippen molar-refractivity contribution >= 4 is 11.8 Å². The first kappa shape index (κ1) is 15.5. The lowest BCUT2D eigenvalue weighted by Gasteiger charge is -2.11. The molecule has 0 bridgehead atoms. The van der Waals surface area contributed by atoms with Crippen LogP contribution in [0.15, 0.2) is 36.4 Å². The summed E-state index contributed by atoms with van der Waals surface area (Å²) in [4.78, 5) is 24.7. The number of aryl methyl sites for hydroxylation is 2. The average molecular weight is 308 g/mol. The number of fused-ring (bicyclic) bond motifs is 1. The molecule has 3 heteroatoms. The Morgan fingerprint density at radius 2 is 1.83 bits per heavy atom. The topological polar surface area (TPSA) is 43.4 Å². The maximum Gasteiger partial charge on any atom is 0.338 e. The highest BCUT2D eigenvalue weighted by atomic mass is 16.5. The van der Waals surface area contributed by atoms with Crippen LogP contribution in [0.25, 0.3) is 0 Å². The van der Waals surface area contributed by atoms with Crippen molar-refractivity contribution in [1.82, 2.24) is 0 Å². The second-order valence-corrected chi connectivity index (χ2v) is 6.17. The fraction of sp³-hybridized carbons (Fsp3) is 0.300. The Morgan fingerprint density at radius 1 is 1.13 bits per heavy atom. The first-order chi connectivity index (χ1) is 11.0. The van der Waals surface area contributed by atoms with E-state index in [-0.39, 0.29) is 17.7 Å². The maximum atomic E-state index is 12.8. The quantitative estimate of drug-likeness (QED) is 0.812. The Morgan fingerprint density at radius 3 is 2.52 bits per heavy atom. The summed E-state index contributed by atoms with van der Waals surface area (Å²) in [6, 6.07) is 11.5. The highest BCUT2D eigenvalue weighted by Crippen LogP contribution is 2.34. The molecule has 2 aromatic rings. The van der Waals surface area contributed by atoms with E-state index in [4.69, 9.17) is 4.74 Å². The highest BCUT2D eigenvalue weighted by Gasteiger charge is 2.33. The molecular weight excluding hydrogens is 288 g/mol. The normalized spacial score (nSPS) is 16.3. The van der Waals surface area contributed by atoms with Crippen LogP contribution in [0.1, 0.15) is 43.0 Å². The monoisotopic (exact) mass is 308 g/mol. The molecule has 23 heavy (non-hydrogen) atoms. The summed E-state index contributed by atoms with van der Waals surface area (Å²) in [5, 5.41) is 0. The summed E-state index contributed by atoms with van der Waals surface area (Å²) in [5.41, 5.74) is 5.68. The molecule has 3 rings (SSSR count). The van der Waals surface area contributed by atoms with Gasteiger partial charge in [0.15, 0.2) is 5.78 Å². The van der Waals surface area contributed by atoms with E-state index in [2.05, 4.69) is 13.0 Å². The van der Waals surface area contributed by atoms with Crippen LogP contribution >= 0.6 is 0 Å². The molecule has 0 heterocycles. The second kappa shape index (κ2) is 5.99. The van der Waals surface area contributed by atoms with E-state index in [0.717, 1.165) is 28.7 Å². The number of benzene rings is 2. The molecule has 2 aromatic carbocycles. The van der Waals surface area contributed by atoms with Gasteiger partial charge in [-0.05, 0) is 55.0 Å². The van der Waals surface area contributed by atoms with Gasteiger partial charge in [-0.25, -0.2) is 4.79 Å². The van der Waals surface area contributed by atoms with Gasteiger partial charge in [0.1, 0.15) is 0 Å². The number of ether oxygens (including phenoxy) is 1. The predicted octanol–water partition coefficient (Wildman–Crippen LogP) is 3.69. The van der Waals surface area contributed by atoms with Crippen LogP contribution in [0.2, 0.25) is 0 Å². The van der Waals surface area contributed by atoms with E-state index >= 15 is 0 Å². The molecule has 0 aromatic heterocycles. The third-order valence-corrected chi connectivity index (χ3v) is 4.71. The molecule has 0 amide bonds. The number of carbonyl (C=O) groups is 2. The average Bonchev–Trinajstić information content (AvgIpc) is 2.89. The van der Waals surface area contributed by atoms with Crippen molar-refractivity contribution in [2.24, 2.45) is 5.92 Å². The van der Waals surface area contributed by atoms with Crippen molar-refractivity contribution in [2.75, 3.05) is 7.11 Å². The van der Waals surface area contributed by atoms with E-state index in [1.165, 1.54) is 12.7 Å². The molecule has 0 fully saturated rings. The van der Waals surface area contributed by atoms with Gasteiger partial charge in [0.2, 0.25) is 0 Å². The van der Waals surface area contributed by atoms with Crippen molar-refractivity contribution in [3.63, 3.8) is 0 Å². The van der Waals surface area contributed by atoms with Gasteiger partial charge in [-0.1, -0.05) is 30.3 Å². The summed E-state index contributed by atoms with van der Waals surface area (Å²) in [7, 11) is 1.38. The Balaban J connectivity index is 1.92. The number of carbonyl (C=O) groups excluding carboxylic acids is 2. The van der Waals surface area contributed by atoms with Crippen LogP contribution in [-0.2, 0) is 17.6 Å². The molecule has 0 N–H and O–H groups in total. The summed E-state index contributed by atoms with van der Waals surface area (Å²) >= 11 is 0. The van der Waals surface area contributed by atoms with Gasteiger partial charge < -0.3 is 4.74 Å². The Labute approximate surface area is 136 Å². The number of hydrogen-bond donors (Lipinski definition) is 0. The highest BCUT2D eigenvalue weighted by molar-refractivity contribution is 6.04. The molecule has 0 aliphatic heterocycles. The zero-order chi connectivity index (χ0) is 16.6. The molecule has 0 unspecified atom stereocenters. The van der Waals surface area contributed by atoms with E-state index in [0.29, 0.717) is 12.0 Å². The van der Waals surface area contributed by atoms with Gasteiger partial charge in [-0.15, -0.1) is 0 Å². The number of methoxy groups -OCH3 is 1. The molecular formula is C20H20O3. The summed E-state index contributed by atoms with van der Waals surface area (Å²) < 4.78 is 4.84. The molecule has 1 aliphatic rings. The lowest BCUT2D eigenvalue weighted by Crippen LogP contribution is -2.15. The minimum atomic E-state index is -0.351. The number of esters is 1. The van der Waals surface area contributed by atoms with Crippen LogP contribution < -0.4 is 0 Å². The Bertz CT molecular complexity index is 789. The van der Waals surface area contributed by atoms with Gasteiger partial charge in [-0.2, -0.15) is 0 Å². The number of rotatable bonds is 3. The molecule has 0 spiro atoms. The van der Waals surface area contributed by atoms with Gasteiger partial charge >= 0.3 is 5.97 Å². The summed E-state index contributed by atoms with van der Waals surface area (Å²) in [6.07, 6.45) is 1.31. The van der Waals surface area contributed by atoms with E-state index in [1.807, 2.05) is 31.2 Å². The zero-order valence-corrected chi connectivity index (χ0v) is 13.7. The van der Waals surface area contributed by atoms with Crippen LogP contribution in [0.4, 0.5) is 0 Å². The van der Waals surface area contributed by atoms with Crippen LogP contribution in [0.3, 0.4) is 0 Å². The molecule has 0 saturated heterocycles. The predicted molar refractivity (Wildman–Crippen MR) is 88.9 cm³/mol. The van der Waals surface area contributed by atoms with Crippen molar-refractivity contribution in [3.8, 4) is 0 Å². The van der Waals surface area contributed by atoms with Gasteiger partial charge in [0.25, 0.3) is 0 Å². The maximum absolute atomic E-state index is 12.8. The second-order valence-electron chi connectivity index (χ2n) is 6.17. The van der Waals surface area contributed by atoms with Crippen molar-refractivity contribution in [2.45, 2.75) is 26.7 Å². The van der Waals surface area contributed by atoms with Gasteiger partial charge in [-0.3, -0.25) is 4.79 Å². The van der Waals surface area contributed by atoms with E-state index in [9.17, 15) is 9.59 Å². The smallest absolute Gasteiger partial charge is 0.338 e. The lowest BCUT2D eigenvalue weighted by atomic mass is 9.92. The lowest BCUT2D eigenvalue weighted by molar-refractivity contribution is 0.0598. The standard InChI is InChI=1S/C20H20O3/c1-12-8-9-13(2)18-17(12)11-15(19(18)21)10-14-6-4-5-7-16(14)20(22)23-3/h4-9,15H,10-11H2,1-3H3/t15-/m0/s1. The minimum absolute atomic E-state index is 0.101. The van der Waals surface area contributed by atoms with E-state index in [1.54, 1.807) is 6.07 Å². The van der Waals surface area contributed by atoms with Crippen molar-refractivity contribution in [3.05, 3.63) is 69.8 Å². The largest absolute Gasteiger partial charge is 0.465 e. The fourth-order valence-electron chi connectivity index (χ4n) is 3.46. The van der Waals surface area contributed by atoms with Crippen molar-refractivity contribution < 1.29 is 14.3 Å². The zero-order valence-electron chi connectivity index (χ0n) is 13.7. The fourth-order valence-corrected chi connectivity index (χ4v) is 3.46. The van der Waals surface area contributed by atoms with Crippen molar-refractivity contribution in [1.29, 1.82) is 0 Å². The number of hydrogen-bond acceptors (Lipinski definition) is 3. The third-order valence-electron chi connectivity index (χ3n) is 4.71. The van der Waals surface area contributed by atoms with Gasteiger partial charge in [0.05, 0.1) is 12.7 Å². The SMILES string of the molecule is COC(=O)c1ccccc1C[C@H]1Cc2c(C)ccc(C)c2C1=O. The van der Waals surface area contributed by atoms with Crippen LogP contribution in [-0.4, -0.2) is 18.9 Å². The Kier molecular flexibility index (Phi) is 4.03. The van der Waals surface area contributed by atoms with Crippen LogP contribution in [0.5, 0.6) is 0 Å². The molecule has 0 radical (unpaired) electrons. The first-order valence-corrected chi connectivity index (χ1v) is 7.82. The van der Waals surface area contributed by atoms with Crippen LogP contribution in [0, 0.1) is 19.8 Å². The molecule has 1 aliphatic carbocycles. The third kappa shape index (κ3) is 2.67. The Hall–Kier alpha value is -2.42. The summed E-state index contributed by atoms with van der Waals surface area (Å²) in [6.45, 7) is 4.04. The summed E-state index contributed by atoms with van der Waals surface area (Å²) in [5.74, 6) is -0.257. The molecule has 1 atom stereocenters. The molecule has 3 nitrogen and oxygen atoms in total. The van der Waals surface area contributed by atoms with Gasteiger partial charge in [0, 0.05) is 11.5 Å². The minimum Gasteiger partial charge on any atom is -0.465 e.